The van der Waals surface area contributed by atoms with E-state index in [4.69, 9.17) is 4.74 Å². The smallest absolute Gasteiger partial charge is 0.269 e. The van der Waals surface area contributed by atoms with Gasteiger partial charge in [-0.25, -0.2) is 9.29 Å². The van der Waals surface area contributed by atoms with Gasteiger partial charge in [-0.05, 0) is 18.2 Å². The molecular weight excluding hydrogens is 471 g/mol. The molecule has 3 aromatic carbocycles. The van der Waals surface area contributed by atoms with Crippen LogP contribution in [0.25, 0.3) is 0 Å². The molecular formula is C26H15FN2O7. The highest BCUT2D eigenvalue weighted by atomic mass is 19.1. The Morgan fingerprint density at radius 1 is 0.833 bits per heavy atom. The van der Waals surface area contributed by atoms with Gasteiger partial charge in [0.15, 0.2) is 0 Å². The van der Waals surface area contributed by atoms with Crippen LogP contribution >= 0.6 is 0 Å². The summed E-state index contributed by atoms with van der Waals surface area (Å²) in [6.45, 7) is 0. The lowest BCUT2D eigenvalue weighted by Crippen LogP contribution is -2.51. The van der Waals surface area contributed by atoms with Crippen LogP contribution in [0.15, 0.2) is 72.8 Å². The molecule has 2 amide bonds. The summed E-state index contributed by atoms with van der Waals surface area (Å²) < 4.78 is 20.9. The maximum Gasteiger partial charge on any atom is 0.269 e. The molecule has 3 atom stereocenters. The molecule has 1 spiro atoms. The van der Waals surface area contributed by atoms with E-state index < -0.39 is 57.7 Å². The lowest BCUT2D eigenvalue weighted by Gasteiger charge is -2.27. The van der Waals surface area contributed by atoms with Crippen molar-refractivity contribution >= 4 is 34.8 Å². The van der Waals surface area contributed by atoms with Gasteiger partial charge in [0.05, 0.1) is 28.6 Å². The maximum atomic E-state index is 14.9. The number of hydrogen-bond donors (Lipinski definition) is 0. The number of nitrogens with zero attached hydrogens (tertiary/aromatic N) is 2. The van der Waals surface area contributed by atoms with Gasteiger partial charge in [0.2, 0.25) is 29.0 Å². The van der Waals surface area contributed by atoms with Crippen LogP contribution in [0.2, 0.25) is 0 Å². The topological polar surface area (TPSA) is 124 Å². The van der Waals surface area contributed by atoms with Gasteiger partial charge in [0, 0.05) is 28.8 Å². The normalized spacial score (nSPS) is 23.9. The quantitative estimate of drug-likeness (QED) is 0.240. The van der Waals surface area contributed by atoms with Crippen LogP contribution in [0.1, 0.15) is 32.4 Å². The Balaban J connectivity index is 1.53. The van der Waals surface area contributed by atoms with Gasteiger partial charge in [0.1, 0.15) is 5.82 Å². The van der Waals surface area contributed by atoms with Gasteiger partial charge in [-0.3, -0.25) is 29.3 Å². The minimum atomic E-state index is -2.33. The molecule has 0 saturated carbocycles. The van der Waals surface area contributed by atoms with Crippen molar-refractivity contribution in [1.82, 2.24) is 0 Å². The number of halogens is 1. The third-order valence-electron chi connectivity index (χ3n) is 7.05. The molecule has 10 heteroatoms. The Bertz CT molecular complexity index is 1480. The maximum absolute atomic E-state index is 14.9. The summed E-state index contributed by atoms with van der Waals surface area (Å²) in [6.07, 6.45) is -1.39. The lowest BCUT2D eigenvalue weighted by atomic mass is 9.77. The number of carbonyl (C=O) groups is 4. The molecule has 0 aromatic heterocycles. The van der Waals surface area contributed by atoms with Gasteiger partial charge in [-0.2, -0.15) is 0 Å². The molecule has 3 aliphatic rings. The zero-order valence-electron chi connectivity index (χ0n) is 18.3. The molecule has 6 rings (SSSR count). The highest BCUT2D eigenvalue weighted by Gasteiger charge is 2.75. The molecule has 0 N–H and O–H groups in total. The van der Waals surface area contributed by atoms with E-state index in [1.54, 1.807) is 12.1 Å². The average Bonchev–Trinajstić information content (AvgIpc) is 3.44. The summed E-state index contributed by atoms with van der Waals surface area (Å²) in [5, 5.41) is 11.0. The van der Waals surface area contributed by atoms with Crippen molar-refractivity contribution < 1.29 is 33.2 Å². The van der Waals surface area contributed by atoms with Gasteiger partial charge >= 0.3 is 0 Å². The Hall–Kier alpha value is -4.57. The van der Waals surface area contributed by atoms with E-state index in [-0.39, 0.29) is 28.1 Å². The summed E-state index contributed by atoms with van der Waals surface area (Å²) >= 11 is 0. The zero-order valence-corrected chi connectivity index (χ0v) is 18.3. The Morgan fingerprint density at radius 2 is 1.42 bits per heavy atom. The summed E-state index contributed by atoms with van der Waals surface area (Å²) in [5.41, 5.74) is -2.49. The summed E-state index contributed by atoms with van der Waals surface area (Å²) in [4.78, 5) is 66.0. The number of rotatable bonds is 3. The summed E-state index contributed by atoms with van der Waals surface area (Å²) in [7, 11) is 0. The first-order valence-corrected chi connectivity index (χ1v) is 11.0. The van der Waals surface area contributed by atoms with Crippen LogP contribution in [0.5, 0.6) is 0 Å². The number of imide groups is 1. The lowest BCUT2D eigenvalue weighted by molar-refractivity contribution is -0.384. The van der Waals surface area contributed by atoms with Crippen LogP contribution in [0, 0.1) is 27.8 Å². The third-order valence-corrected chi connectivity index (χ3v) is 7.05. The van der Waals surface area contributed by atoms with Crippen LogP contribution in [0.4, 0.5) is 15.8 Å². The molecule has 2 fully saturated rings. The predicted octanol–water partition coefficient (Wildman–Crippen LogP) is 3.43. The van der Waals surface area contributed by atoms with E-state index in [1.165, 1.54) is 42.5 Å². The molecule has 0 unspecified atom stereocenters. The highest BCUT2D eigenvalue weighted by molar-refractivity contribution is 6.37. The van der Waals surface area contributed by atoms with E-state index in [9.17, 15) is 33.7 Å². The van der Waals surface area contributed by atoms with Crippen LogP contribution < -0.4 is 4.90 Å². The number of fused-ring (bicyclic) bond motifs is 3. The molecule has 2 saturated heterocycles. The van der Waals surface area contributed by atoms with Gasteiger partial charge in [0.25, 0.3) is 5.69 Å². The zero-order chi connectivity index (χ0) is 25.4. The number of hydrogen-bond acceptors (Lipinski definition) is 7. The largest absolute Gasteiger partial charge is 0.349 e. The first-order valence-electron chi connectivity index (χ1n) is 11.0. The molecule has 36 heavy (non-hydrogen) atoms. The molecule has 2 aliphatic heterocycles. The molecule has 9 nitrogen and oxygen atoms in total. The van der Waals surface area contributed by atoms with E-state index in [2.05, 4.69) is 0 Å². The molecule has 0 radical (unpaired) electrons. The molecule has 178 valence electrons. The number of nitro groups is 1. The van der Waals surface area contributed by atoms with Gasteiger partial charge in [-0.15, -0.1) is 0 Å². The summed E-state index contributed by atoms with van der Waals surface area (Å²) in [5.74, 6) is -6.81. The average molecular weight is 486 g/mol. The minimum absolute atomic E-state index is 0.0304. The van der Waals surface area contributed by atoms with Crippen molar-refractivity contribution in [2.75, 3.05) is 4.90 Å². The van der Waals surface area contributed by atoms with Gasteiger partial charge in [-0.1, -0.05) is 42.5 Å². The molecule has 3 aromatic rings. The Morgan fingerprint density at radius 3 is 2.00 bits per heavy atom. The second kappa shape index (κ2) is 7.46. The van der Waals surface area contributed by atoms with E-state index in [1.807, 2.05) is 0 Å². The van der Waals surface area contributed by atoms with Crippen molar-refractivity contribution in [1.29, 1.82) is 0 Å². The van der Waals surface area contributed by atoms with Crippen molar-refractivity contribution in [3.8, 4) is 0 Å². The van der Waals surface area contributed by atoms with E-state index in [0.29, 0.717) is 0 Å². The third kappa shape index (κ3) is 2.67. The van der Waals surface area contributed by atoms with Crippen molar-refractivity contribution in [3.05, 3.63) is 105 Å². The summed E-state index contributed by atoms with van der Waals surface area (Å²) in [6, 6.07) is 16.2. The predicted molar refractivity (Wildman–Crippen MR) is 121 cm³/mol. The van der Waals surface area contributed by atoms with Crippen LogP contribution in [-0.2, 0) is 14.3 Å². The molecule has 1 aliphatic carbocycles. The fourth-order valence-corrected chi connectivity index (χ4v) is 5.48. The van der Waals surface area contributed by atoms with Gasteiger partial charge < -0.3 is 4.74 Å². The minimum Gasteiger partial charge on any atom is -0.349 e. The number of ether oxygens (including phenoxy) is 1. The number of anilines is 1. The number of nitro benzene ring substituents is 1. The fraction of sp³-hybridized carbons (Fsp3) is 0.154. The number of Topliss-reactive ketones (excluding diaryl/α,β-unsaturated/α-hetero) is 2. The first-order chi connectivity index (χ1) is 17.3. The first kappa shape index (κ1) is 21.9. The van der Waals surface area contributed by atoms with Crippen molar-refractivity contribution in [3.63, 3.8) is 0 Å². The second-order valence-electron chi connectivity index (χ2n) is 8.79. The highest BCUT2D eigenvalue weighted by Crippen LogP contribution is 2.58. The van der Waals surface area contributed by atoms with E-state index >= 15 is 0 Å². The SMILES string of the molecule is O=C1[C@@H]2[C@@H](C(=O)N1c1ccc([N+](=O)[O-])cc1)C1(O[C@H]2c2ccccc2F)C(=O)c2ccccc2C1=O. The Labute approximate surface area is 202 Å². The number of amides is 2. The number of ketones is 2. The number of non-ortho nitro benzene ring substituents is 1. The monoisotopic (exact) mass is 486 g/mol. The molecule has 0 bridgehead atoms. The Kier molecular flexibility index (Phi) is 4.55. The number of carbonyl (C=O) groups excluding carboxylic acids is 4. The number of benzene rings is 3. The molecule has 2 heterocycles. The van der Waals surface area contributed by atoms with E-state index in [0.717, 1.165) is 23.1 Å². The van der Waals surface area contributed by atoms with Crippen LogP contribution in [-0.4, -0.2) is 33.9 Å². The fourth-order valence-electron chi connectivity index (χ4n) is 5.48. The second-order valence-corrected chi connectivity index (χ2v) is 8.79. The van der Waals surface area contributed by atoms with Crippen LogP contribution in [0.3, 0.4) is 0 Å². The standard InChI is InChI=1S/C26H15FN2O7/c27-18-8-4-3-7-17(18)21-19-20(26(36-21)22(30)15-5-1-2-6-16(15)23(26)31)25(33)28(24(19)32)13-9-11-14(12-10-13)29(34)35/h1-12,19-21H/t19-,20+,21+/m1/s1. The van der Waals surface area contributed by atoms with Crippen molar-refractivity contribution in [2.45, 2.75) is 11.7 Å². The van der Waals surface area contributed by atoms with Crippen molar-refractivity contribution in [2.24, 2.45) is 11.8 Å².